The molecular formula is C22H28N4O4. The monoisotopic (exact) mass is 412 g/mol. The van der Waals surface area contributed by atoms with Gasteiger partial charge in [-0.2, -0.15) is 0 Å². The van der Waals surface area contributed by atoms with Crippen LogP contribution in [0, 0.1) is 0 Å². The van der Waals surface area contributed by atoms with Crippen molar-refractivity contribution in [3.63, 3.8) is 0 Å². The number of carbonyl (C=O) groups is 3. The standard InChI is InChI=1S/C22H28N4O4/c1-26(2)22(29)17-7-11-19(12-8-17)25-20(27)15-24-18-9-5-16(6-10-18)21(28)23-13-4-14-30-3/h5-12,24H,4,13-15H2,1-3H3,(H,23,28)(H,25,27). The molecule has 0 aliphatic heterocycles. The minimum absolute atomic E-state index is 0.0704. The van der Waals surface area contributed by atoms with Gasteiger partial charge in [-0.3, -0.25) is 14.4 Å². The lowest BCUT2D eigenvalue weighted by Gasteiger charge is -2.11. The van der Waals surface area contributed by atoms with E-state index in [0.29, 0.717) is 30.0 Å². The van der Waals surface area contributed by atoms with Gasteiger partial charge in [0, 0.05) is 56.9 Å². The van der Waals surface area contributed by atoms with Gasteiger partial charge in [-0.05, 0) is 55.0 Å². The topological polar surface area (TPSA) is 99.8 Å². The van der Waals surface area contributed by atoms with Gasteiger partial charge in [0.15, 0.2) is 0 Å². The van der Waals surface area contributed by atoms with Gasteiger partial charge < -0.3 is 25.6 Å². The van der Waals surface area contributed by atoms with Crippen LogP contribution in [-0.4, -0.2) is 63.5 Å². The van der Waals surface area contributed by atoms with Crippen molar-refractivity contribution in [2.24, 2.45) is 0 Å². The number of hydrogen-bond donors (Lipinski definition) is 3. The van der Waals surface area contributed by atoms with Gasteiger partial charge in [0.25, 0.3) is 11.8 Å². The molecule has 0 saturated carbocycles. The Morgan fingerprint density at radius 2 is 1.50 bits per heavy atom. The molecule has 3 amide bonds. The Bertz CT molecular complexity index is 848. The molecule has 0 saturated heterocycles. The lowest BCUT2D eigenvalue weighted by Crippen LogP contribution is -2.25. The highest BCUT2D eigenvalue weighted by Gasteiger charge is 2.09. The van der Waals surface area contributed by atoms with Crippen LogP contribution in [0.15, 0.2) is 48.5 Å². The lowest BCUT2D eigenvalue weighted by molar-refractivity contribution is -0.114. The average molecular weight is 412 g/mol. The van der Waals surface area contributed by atoms with Crippen LogP contribution in [0.4, 0.5) is 11.4 Å². The lowest BCUT2D eigenvalue weighted by atomic mass is 10.2. The van der Waals surface area contributed by atoms with Crippen LogP contribution < -0.4 is 16.0 Å². The first-order valence-corrected chi connectivity index (χ1v) is 9.63. The molecule has 0 unspecified atom stereocenters. The smallest absolute Gasteiger partial charge is 0.253 e. The predicted molar refractivity (Wildman–Crippen MR) is 117 cm³/mol. The summed E-state index contributed by atoms with van der Waals surface area (Å²) in [4.78, 5) is 37.5. The van der Waals surface area contributed by atoms with Crippen LogP contribution in [0.25, 0.3) is 0 Å². The molecule has 3 N–H and O–H groups in total. The van der Waals surface area contributed by atoms with E-state index < -0.39 is 0 Å². The number of nitrogens with one attached hydrogen (secondary N) is 3. The average Bonchev–Trinajstić information content (AvgIpc) is 2.75. The summed E-state index contributed by atoms with van der Waals surface area (Å²) in [6.45, 7) is 1.22. The molecule has 0 aliphatic rings. The van der Waals surface area contributed by atoms with Crippen LogP contribution in [0.3, 0.4) is 0 Å². The number of rotatable bonds is 10. The molecule has 2 aromatic rings. The zero-order valence-corrected chi connectivity index (χ0v) is 17.5. The van der Waals surface area contributed by atoms with Crippen molar-refractivity contribution < 1.29 is 19.1 Å². The highest BCUT2D eigenvalue weighted by Crippen LogP contribution is 2.12. The summed E-state index contributed by atoms with van der Waals surface area (Å²) in [5.41, 5.74) is 2.44. The molecule has 0 atom stereocenters. The minimum Gasteiger partial charge on any atom is -0.385 e. The number of benzene rings is 2. The van der Waals surface area contributed by atoms with Crippen molar-refractivity contribution >= 4 is 29.1 Å². The van der Waals surface area contributed by atoms with E-state index in [2.05, 4.69) is 16.0 Å². The van der Waals surface area contributed by atoms with E-state index in [1.807, 2.05) is 0 Å². The highest BCUT2D eigenvalue weighted by molar-refractivity contribution is 5.97. The number of methoxy groups -OCH3 is 1. The summed E-state index contributed by atoms with van der Waals surface area (Å²) in [6.07, 6.45) is 0.756. The van der Waals surface area contributed by atoms with Crippen LogP contribution in [0.5, 0.6) is 0 Å². The molecule has 0 fully saturated rings. The summed E-state index contributed by atoms with van der Waals surface area (Å²) in [7, 11) is 5.00. The van der Waals surface area contributed by atoms with Gasteiger partial charge in [-0.15, -0.1) is 0 Å². The fraction of sp³-hybridized carbons (Fsp3) is 0.318. The highest BCUT2D eigenvalue weighted by atomic mass is 16.5. The largest absolute Gasteiger partial charge is 0.385 e. The molecule has 0 bridgehead atoms. The second kappa shape index (κ2) is 11.6. The maximum Gasteiger partial charge on any atom is 0.253 e. The van der Waals surface area contributed by atoms with Gasteiger partial charge in [0.1, 0.15) is 0 Å². The van der Waals surface area contributed by atoms with E-state index in [-0.39, 0.29) is 24.3 Å². The number of amides is 3. The Labute approximate surface area is 176 Å². The molecule has 2 aromatic carbocycles. The van der Waals surface area contributed by atoms with Crippen LogP contribution in [0.1, 0.15) is 27.1 Å². The van der Waals surface area contributed by atoms with Crippen molar-refractivity contribution in [3.05, 3.63) is 59.7 Å². The molecule has 2 rings (SSSR count). The summed E-state index contributed by atoms with van der Waals surface area (Å²) in [5, 5.41) is 8.60. The van der Waals surface area contributed by atoms with Gasteiger partial charge in [0.2, 0.25) is 5.91 Å². The Hall–Kier alpha value is -3.39. The third-order valence-corrected chi connectivity index (χ3v) is 4.23. The fourth-order valence-electron chi connectivity index (χ4n) is 2.60. The number of ether oxygens (including phenoxy) is 1. The first-order chi connectivity index (χ1) is 14.4. The van der Waals surface area contributed by atoms with Crippen molar-refractivity contribution in [3.8, 4) is 0 Å². The maximum absolute atomic E-state index is 12.1. The molecule has 0 aromatic heterocycles. The Morgan fingerprint density at radius 1 is 0.900 bits per heavy atom. The number of carbonyl (C=O) groups excluding carboxylic acids is 3. The second-order valence-electron chi connectivity index (χ2n) is 6.86. The van der Waals surface area contributed by atoms with Crippen LogP contribution in [-0.2, 0) is 9.53 Å². The first-order valence-electron chi connectivity index (χ1n) is 9.63. The number of hydrogen-bond acceptors (Lipinski definition) is 5. The third kappa shape index (κ3) is 7.21. The zero-order chi connectivity index (χ0) is 21.9. The zero-order valence-electron chi connectivity index (χ0n) is 17.5. The van der Waals surface area contributed by atoms with Gasteiger partial charge >= 0.3 is 0 Å². The molecule has 0 aliphatic carbocycles. The van der Waals surface area contributed by atoms with Crippen LogP contribution in [0.2, 0.25) is 0 Å². The van der Waals surface area contributed by atoms with Gasteiger partial charge in [-0.25, -0.2) is 0 Å². The fourth-order valence-corrected chi connectivity index (χ4v) is 2.60. The van der Waals surface area contributed by atoms with E-state index in [1.54, 1.807) is 69.7 Å². The second-order valence-corrected chi connectivity index (χ2v) is 6.86. The number of anilines is 2. The number of nitrogens with zero attached hydrogens (tertiary/aromatic N) is 1. The van der Waals surface area contributed by atoms with E-state index in [0.717, 1.165) is 12.1 Å². The summed E-state index contributed by atoms with van der Waals surface area (Å²) < 4.78 is 4.94. The molecule has 0 heterocycles. The molecule has 8 nitrogen and oxygen atoms in total. The third-order valence-electron chi connectivity index (χ3n) is 4.23. The molecular weight excluding hydrogens is 384 g/mol. The van der Waals surface area contributed by atoms with Crippen molar-refractivity contribution in [2.45, 2.75) is 6.42 Å². The molecule has 30 heavy (non-hydrogen) atoms. The maximum atomic E-state index is 12.1. The Kier molecular flexibility index (Phi) is 8.83. The summed E-state index contributed by atoms with van der Waals surface area (Å²) >= 11 is 0. The quantitative estimate of drug-likeness (QED) is 0.520. The first kappa shape index (κ1) is 22.9. The van der Waals surface area contributed by atoms with E-state index >= 15 is 0 Å². The predicted octanol–water partition coefficient (Wildman–Crippen LogP) is 2.21. The minimum atomic E-state index is -0.221. The Balaban J connectivity index is 1.79. The molecule has 8 heteroatoms. The summed E-state index contributed by atoms with van der Waals surface area (Å²) in [5.74, 6) is -0.463. The van der Waals surface area contributed by atoms with E-state index in [4.69, 9.17) is 4.74 Å². The van der Waals surface area contributed by atoms with E-state index in [1.165, 1.54) is 4.90 Å². The molecule has 0 radical (unpaired) electrons. The normalized spacial score (nSPS) is 10.2. The van der Waals surface area contributed by atoms with Crippen molar-refractivity contribution in [2.75, 3.05) is 51.5 Å². The van der Waals surface area contributed by atoms with Crippen LogP contribution >= 0.6 is 0 Å². The van der Waals surface area contributed by atoms with Gasteiger partial charge in [0.05, 0.1) is 6.54 Å². The van der Waals surface area contributed by atoms with Crippen molar-refractivity contribution in [1.29, 1.82) is 0 Å². The SMILES string of the molecule is COCCCNC(=O)c1ccc(NCC(=O)Nc2ccc(C(=O)N(C)C)cc2)cc1. The molecule has 160 valence electrons. The van der Waals surface area contributed by atoms with E-state index in [9.17, 15) is 14.4 Å². The van der Waals surface area contributed by atoms with Gasteiger partial charge in [-0.1, -0.05) is 0 Å². The Morgan fingerprint density at radius 3 is 2.10 bits per heavy atom. The molecule has 0 spiro atoms. The summed E-state index contributed by atoms with van der Waals surface area (Å²) in [6, 6.07) is 13.6. The van der Waals surface area contributed by atoms with Crippen molar-refractivity contribution in [1.82, 2.24) is 10.2 Å².